The SMILES string of the molecule is CC(=O)Nc1c(N)cc2c3c(cccc13)C(=O)OC2=O. The van der Waals surface area contributed by atoms with E-state index in [1.807, 2.05) is 0 Å². The summed E-state index contributed by atoms with van der Waals surface area (Å²) < 4.78 is 4.66. The highest BCUT2D eigenvalue weighted by atomic mass is 16.6. The Morgan fingerprint density at radius 2 is 1.90 bits per heavy atom. The first-order valence-corrected chi connectivity index (χ1v) is 5.88. The number of hydrogen-bond donors (Lipinski definition) is 2. The molecule has 3 rings (SSSR count). The van der Waals surface area contributed by atoms with E-state index < -0.39 is 11.9 Å². The van der Waals surface area contributed by atoms with Gasteiger partial charge in [0.25, 0.3) is 0 Å². The first kappa shape index (κ1) is 12.2. The first-order valence-electron chi connectivity index (χ1n) is 5.88. The highest BCUT2D eigenvalue weighted by Crippen LogP contribution is 2.37. The summed E-state index contributed by atoms with van der Waals surface area (Å²) in [5, 5.41) is 3.61. The minimum Gasteiger partial charge on any atom is -0.397 e. The van der Waals surface area contributed by atoms with Crippen LogP contribution in [0.3, 0.4) is 0 Å². The van der Waals surface area contributed by atoms with Gasteiger partial charge in [0, 0.05) is 17.7 Å². The van der Waals surface area contributed by atoms with Crippen LogP contribution in [0.25, 0.3) is 10.8 Å². The molecule has 0 aliphatic carbocycles. The van der Waals surface area contributed by atoms with E-state index >= 15 is 0 Å². The molecule has 0 spiro atoms. The van der Waals surface area contributed by atoms with Crippen LogP contribution in [0.15, 0.2) is 24.3 Å². The molecule has 6 nitrogen and oxygen atoms in total. The Labute approximate surface area is 113 Å². The molecule has 0 atom stereocenters. The molecular weight excluding hydrogens is 260 g/mol. The van der Waals surface area contributed by atoms with Crippen molar-refractivity contribution in [3.05, 3.63) is 35.4 Å². The summed E-state index contributed by atoms with van der Waals surface area (Å²) in [6.45, 7) is 1.36. The van der Waals surface area contributed by atoms with Crippen LogP contribution in [-0.2, 0) is 9.53 Å². The standard InChI is InChI=1S/C14H10N2O4/c1-6(17)16-12-7-3-2-4-8-11(7)9(5-10(12)15)14(19)20-13(8)18/h2-5H,15H2,1H3,(H,16,17). The maximum atomic E-state index is 11.8. The normalized spacial score (nSPS) is 13.2. The van der Waals surface area contributed by atoms with Gasteiger partial charge in [-0.05, 0) is 12.1 Å². The fourth-order valence-electron chi connectivity index (χ4n) is 2.35. The number of benzene rings is 2. The number of carbonyl (C=O) groups excluding carboxylic acids is 3. The van der Waals surface area contributed by atoms with Gasteiger partial charge in [-0.3, -0.25) is 4.79 Å². The summed E-state index contributed by atoms with van der Waals surface area (Å²) in [4.78, 5) is 34.8. The van der Waals surface area contributed by atoms with Crippen molar-refractivity contribution in [1.82, 2.24) is 0 Å². The zero-order valence-corrected chi connectivity index (χ0v) is 10.5. The van der Waals surface area contributed by atoms with Crippen molar-refractivity contribution >= 4 is 40.0 Å². The van der Waals surface area contributed by atoms with Crippen LogP contribution >= 0.6 is 0 Å². The summed E-state index contributed by atoms with van der Waals surface area (Å²) in [6.07, 6.45) is 0. The second kappa shape index (κ2) is 4.06. The van der Waals surface area contributed by atoms with Gasteiger partial charge in [-0.15, -0.1) is 0 Å². The maximum Gasteiger partial charge on any atom is 0.346 e. The smallest absolute Gasteiger partial charge is 0.346 e. The minimum absolute atomic E-state index is 0.224. The number of nitrogen functional groups attached to an aromatic ring is 1. The van der Waals surface area contributed by atoms with Gasteiger partial charge in [-0.25, -0.2) is 9.59 Å². The van der Waals surface area contributed by atoms with Crippen molar-refractivity contribution < 1.29 is 19.1 Å². The van der Waals surface area contributed by atoms with E-state index in [2.05, 4.69) is 10.1 Å². The van der Waals surface area contributed by atoms with Crippen molar-refractivity contribution in [2.75, 3.05) is 11.1 Å². The van der Waals surface area contributed by atoms with Crippen molar-refractivity contribution in [2.45, 2.75) is 6.92 Å². The van der Waals surface area contributed by atoms with E-state index in [0.29, 0.717) is 16.5 Å². The zero-order valence-electron chi connectivity index (χ0n) is 10.5. The molecule has 0 saturated carbocycles. The Morgan fingerprint density at radius 3 is 2.60 bits per heavy atom. The largest absolute Gasteiger partial charge is 0.397 e. The van der Waals surface area contributed by atoms with Gasteiger partial charge in [0.05, 0.1) is 22.5 Å². The van der Waals surface area contributed by atoms with Gasteiger partial charge in [0.2, 0.25) is 5.91 Å². The zero-order chi connectivity index (χ0) is 14.4. The van der Waals surface area contributed by atoms with Crippen LogP contribution in [0.4, 0.5) is 11.4 Å². The number of carbonyl (C=O) groups is 3. The van der Waals surface area contributed by atoms with Gasteiger partial charge < -0.3 is 15.8 Å². The van der Waals surface area contributed by atoms with Crippen LogP contribution < -0.4 is 11.1 Å². The van der Waals surface area contributed by atoms with E-state index in [9.17, 15) is 14.4 Å². The molecule has 1 heterocycles. The van der Waals surface area contributed by atoms with Crippen LogP contribution in [0.5, 0.6) is 0 Å². The Morgan fingerprint density at radius 1 is 1.20 bits per heavy atom. The third-order valence-corrected chi connectivity index (χ3v) is 3.12. The van der Waals surface area contributed by atoms with Gasteiger partial charge in [0.15, 0.2) is 0 Å². The van der Waals surface area contributed by atoms with Gasteiger partial charge in [-0.1, -0.05) is 12.1 Å². The maximum absolute atomic E-state index is 11.8. The monoisotopic (exact) mass is 270 g/mol. The number of amides is 1. The Bertz CT molecular complexity index is 795. The number of esters is 2. The fourth-order valence-corrected chi connectivity index (χ4v) is 2.35. The quantitative estimate of drug-likeness (QED) is 0.466. The molecule has 0 aromatic heterocycles. The summed E-state index contributed by atoms with van der Waals surface area (Å²) >= 11 is 0. The van der Waals surface area contributed by atoms with Gasteiger partial charge in [-0.2, -0.15) is 0 Å². The Balaban J connectivity index is 2.44. The van der Waals surface area contributed by atoms with Crippen LogP contribution in [-0.4, -0.2) is 17.8 Å². The third kappa shape index (κ3) is 1.62. The highest BCUT2D eigenvalue weighted by Gasteiger charge is 2.29. The van der Waals surface area contributed by atoms with Crippen LogP contribution in [0, 0.1) is 0 Å². The molecule has 1 amide bonds. The first-order chi connectivity index (χ1) is 9.49. The van der Waals surface area contributed by atoms with Gasteiger partial charge >= 0.3 is 11.9 Å². The second-order valence-electron chi connectivity index (χ2n) is 4.47. The summed E-state index contributed by atoms with van der Waals surface area (Å²) in [7, 11) is 0. The molecule has 6 heteroatoms. The minimum atomic E-state index is -0.736. The van der Waals surface area contributed by atoms with Gasteiger partial charge in [0.1, 0.15) is 0 Å². The number of cyclic esters (lactones) is 2. The average Bonchev–Trinajstić information content (AvgIpc) is 2.39. The molecule has 2 aromatic carbocycles. The number of nitrogens with two attached hydrogens (primary N) is 1. The molecule has 0 radical (unpaired) electrons. The van der Waals surface area contributed by atoms with E-state index in [1.54, 1.807) is 18.2 Å². The van der Waals surface area contributed by atoms with E-state index in [-0.39, 0.29) is 22.7 Å². The second-order valence-corrected chi connectivity index (χ2v) is 4.47. The summed E-state index contributed by atoms with van der Waals surface area (Å²) in [6, 6.07) is 6.30. The molecule has 1 aliphatic rings. The van der Waals surface area contributed by atoms with E-state index in [0.717, 1.165) is 0 Å². The van der Waals surface area contributed by atoms with Crippen LogP contribution in [0.2, 0.25) is 0 Å². The lowest BCUT2D eigenvalue weighted by Gasteiger charge is -2.19. The number of anilines is 2. The van der Waals surface area contributed by atoms with E-state index in [1.165, 1.54) is 13.0 Å². The highest BCUT2D eigenvalue weighted by molar-refractivity contribution is 6.24. The summed E-state index contributed by atoms with van der Waals surface area (Å²) in [5.41, 5.74) is 7.01. The predicted molar refractivity (Wildman–Crippen MR) is 72.4 cm³/mol. The molecule has 0 bridgehead atoms. The lowest BCUT2D eigenvalue weighted by molar-refractivity contribution is -0.114. The molecule has 0 unspecified atom stereocenters. The molecular formula is C14H10N2O4. The predicted octanol–water partition coefficient (Wildman–Crippen LogP) is 1.69. The topological polar surface area (TPSA) is 98.5 Å². The Hall–Kier alpha value is -2.89. The molecule has 100 valence electrons. The molecule has 0 fully saturated rings. The molecule has 20 heavy (non-hydrogen) atoms. The van der Waals surface area contributed by atoms with E-state index in [4.69, 9.17) is 5.73 Å². The van der Waals surface area contributed by atoms with Crippen molar-refractivity contribution in [3.8, 4) is 0 Å². The molecule has 0 saturated heterocycles. The summed E-state index contributed by atoms with van der Waals surface area (Å²) in [5.74, 6) is -1.73. The molecule has 1 aliphatic heterocycles. The molecule has 2 aromatic rings. The number of rotatable bonds is 1. The molecule has 3 N–H and O–H groups in total. The Kier molecular flexibility index (Phi) is 2.47. The fraction of sp³-hybridized carbons (Fsp3) is 0.0714. The van der Waals surface area contributed by atoms with Crippen molar-refractivity contribution in [1.29, 1.82) is 0 Å². The van der Waals surface area contributed by atoms with Crippen molar-refractivity contribution in [2.24, 2.45) is 0 Å². The third-order valence-electron chi connectivity index (χ3n) is 3.12. The number of ether oxygens (including phenoxy) is 1. The number of nitrogens with one attached hydrogen (secondary N) is 1. The lowest BCUT2D eigenvalue weighted by Crippen LogP contribution is -2.20. The van der Waals surface area contributed by atoms with Crippen LogP contribution in [0.1, 0.15) is 27.6 Å². The number of hydrogen-bond acceptors (Lipinski definition) is 5. The average molecular weight is 270 g/mol. The van der Waals surface area contributed by atoms with Crippen molar-refractivity contribution in [3.63, 3.8) is 0 Å². The lowest BCUT2D eigenvalue weighted by atomic mass is 9.95.